The Hall–Kier alpha value is -0.130. The maximum absolute atomic E-state index is 10.9. The van der Waals surface area contributed by atoms with E-state index in [9.17, 15) is 8.42 Å². The van der Waals surface area contributed by atoms with E-state index >= 15 is 0 Å². The first-order chi connectivity index (χ1) is 4.93. The van der Waals surface area contributed by atoms with Gasteiger partial charge in [-0.1, -0.05) is 6.92 Å². The largest absolute Gasteiger partial charge is 0.395 e. The van der Waals surface area contributed by atoms with Gasteiger partial charge in [0.1, 0.15) is 0 Å². The van der Waals surface area contributed by atoms with Gasteiger partial charge >= 0.3 is 0 Å². The zero-order valence-corrected chi connectivity index (χ0v) is 7.93. The number of aliphatic hydroxyl groups excluding tert-OH is 1. The van der Waals surface area contributed by atoms with Crippen LogP contribution in [-0.2, 0) is 10.0 Å². The summed E-state index contributed by atoms with van der Waals surface area (Å²) in [6.07, 6.45) is 1.76. The summed E-state index contributed by atoms with van der Waals surface area (Å²) in [7, 11) is -1.68. The molecule has 0 bridgehead atoms. The van der Waals surface area contributed by atoms with Crippen molar-refractivity contribution < 1.29 is 13.5 Å². The Bertz CT molecular complexity index is 196. The minimum atomic E-state index is -3.15. The molecule has 0 rings (SSSR count). The van der Waals surface area contributed by atoms with Crippen LogP contribution in [0.1, 0.15) is 13.3 Å². The quantitative estimate of drug-likeness (QED) is 0.645. The summed E-state index contributed by atoms with van der Waals surface area (Å²) in [5.74, 6) is 0. The Kier molecular flexibility index (Phi) is 3.99. The van der Waals surface area contributed by atoms with Crippen molar-refractivity contribution in [3.8, 4) is 0 Å². The van der Waals surface area contributed by atoms with Crippen molar-refractivity contribution in [1.29, 1.82) is 0 Å². The molecule has 0 aromatic rings. The average Bonchev–Trinajstić information content (AvgIpc) is 1.88. The monoisotopic (exact) mass is 181 g/mol. The van der Waals surface area contributed by atoms with Crippen LogP contribution in [0, 0.1) is 0 Å². The molecule has 0 aromatic carbocycles. The van der Waals surface area contributed by atoms with E-state index in [4.69, 9.17) is 5.11 Å². The van der Waals surface area contributed by atoms with E-state index in [0.29, 0.717) is 6.42 Å². The highest BCUT2D eigenvalue weighted by Crippen LogP contribution is 2.04. The van der Waals surface area contributed by atoms with Gasteiger partial charge in [-0.2, -0.15) is 4.31 Å². The van der Waals surface area contributed by atoms with Gasteiger partial charge in [-0.25, -0.2) is 8.42 Å². The van der Waals surface area contributed by atoms with E-state index in [0.717, 1.165) is 6.26 Å². The van der Waals surface area contributed by atoms with Crippen LogP contribution in [0.5, 0.6) is 0 Å². The molecule has 1 atom stereocenters. The van der Waals surface area contributed by atoms with Crippen LogP contribution >= 0.6 is 0 Å². The van der Waals surface area contributed by atoms with Gasteiger partial charge in [-0.05, 0) is 6.42 Å². The molecule has 1 N–H and O–H groups in total. The normalized spacial score (nSPS) is 15.4. The number of rotatable bonds is 4. The third-order valence-corrected chi connectivity index (χ3v) is 3.06. The Morgan fingerprint density at radius 2 is 2.00 bits per heavy atom. The summed E-state index contributed by atoms with van der Waals surface area (Å²) in [4.78, 5) is 0. The first kappa shape index (κ1) is 10.9. The highest BCUT2D eigenvalue weighted by molar-refractivity contribution is 7.88. The molecular formula is C6H15NO3S. The third kappa shape index (κ3) is 3.18. The number of likely N-dealkylation sites (N-methyl/N-ethyl adjacent to an activating group) is 1. The number of sulfonamides is 1. The highest BCUT2D eigenvalue weighted by atomic mass is 32.2. The van der Waals surface area contributed by atoms with Crippen molar-refractivity contribution in [2.24, 2.45) is 0 Å². The predicted octanol–water partition coefficient (Wildman–Crippen LogP) is -0.351. The molecule has 0 aliphatic heterocycles. The molecule has 0 saturated heterocycles. The van der Waals surface area contributed by atoms with Crippen molar-refractivity contribution in [3.05, 3.63) is 0 Å². The molecule has 0 unspecified atom stereocenters. The number of hydrogen-bond acceptors (Lipinski definition) is 3. The molecule has 0 aliphatic carbocycles. The van der Waals surface area contributed by atoms with Gasteiger partial charge in [-0.15, -0.1) is 0 Å². The number of aliphatic hydroxyl groups is 1. The maximum atomic E-state index is 10.9. The Labute approximate surface area is 67.9 Å². The second kappa shape index (κ2) is 4.04. The van der Waals surface area contributed by atoms with Gasteiger partial charge in [0.15, 0.2) is 0 Å². The lowest BCUT2D eigenvalue weighted by molar-refractivity contribution is 0.199. The van der Waals surface area contributed by atoms with Crippen molar-refractivity contribution in [1.82, 2.24) is 4.31 Å². The van der Waals surface area contributed by atoms with Crippen molar-refractivity contribution in [2.75, 3.05) is 19.9 Å². The lowest BCUT2D eigenvalue weighted by Gasteiger charge is -2.22. The fourth-order valence-electron chi connectivity index (χ4n) is 0.772. The molecule has 0 radical (unpaired) electrons. The van der Waals surface area contributed by atoms with E-state index in [1.165, 1.54) is 11.4 Å². The summed E-state index contributed by atoms with van der Waals surface area (Å²) in [6, 6.07) is -0.287. The van der Waals surface area contributed by atoms with Gasteiger partial charge in [0.05, 0.1) is 12.9 Å². The van der Waals surface area contributed by atoms with E-state index in [1.54, 1.807) is 0 Å². The van der Waals surface area contributed by atoms with Crippen LogP contribution in [0.4, 0.5) is 0 Å². The Balaban J connectivity index is 4.33. The topological polar surface area (TPSA) is 57.6 Å². The smallest absolute Gasteiger partial charge is 0.211 e. The summed E-state index contributed by atoms with van der Waals surface area (Å²) < 4.78 is 23.0. The molecule has 68 valence electrons. The average molecular weight is 181 g/mol. The SMILES string of the molecule is CC[C@H](CO)N(C)S(C)(=O)=O. The van der Waals surface area contributed by atoms with Gasteiger partial charge < -0.3 is 5.11 Å². The maximum Gasteiger partial charge on any atom is 0.211 e. The fraction of sp³-hybridized carbons (Fsp3) is 1.00. The van der Waals surface area contributed by atoms with E-state index in [1.807, 2.05) is 6.92 Å². The minimum Gasteiger partial charge on any atom is -0.395 e. The Morgan fingerprint density at radius 1 is 1.55 bits per heavy atom. The predicted molar refractivity (Wildman–Crippen MR) is 43.8 cm³/mol. The van der Waals surface area contributed by atoms with Crippen LogP contribution in [-0.4, -0.2) is 43.8 Å². The van der Waals surface area contributed by atoms with Crippen LogP contribution in [0.3, 0.4) is 0 Å². The fourth-order valence-corrected chi connectivity index (χ4v) is 1.53. The van der Waals surface area contributed by atoms with Crippen LogP contribution in [0.25, 0.3) is 0 Å². The van der Waals surface area contributed by atoms with Gasteiger partial charge in [0, 0.05) is 13.1 Å². The molecule has 0 spiro atoms. The molecule has 0 saturated carbocycles. The summed E-state index contributed by atoms with van der Waals surface area (Å²) in [5, 5.41) is 8.75. The van der Waals surface area contributed by atoms with Gasteiger partial charge in [-0.3, -0.25) is 0 Å². The molecule has 0 amide bonds. The lowest BCUT2D eigenvalue weighted by Crippen LogP contribution is -2.38. The standard InChI is InChI=1S/C6H15NO3S/c1-4-6(5-8)7(2)11(3,9)10/h6,8H,4-5H2,1-3H3/t6-/m1/s1. The highest BCUT2D eigenvalue weighted by Gasteiger charge is 2.19. The van der Waals surface area contributed by atoms with E-state index in [-0.39, 0.29) is 12.6 Å². The van der Waals surface area contributed by atoms with Crippen molar-refractivity contribution >= 4 is 10.0 Å². The lowest BCUT2D eigenvalue weighted by atomic mass is 10.2. The number of nitrogens with zero attached hydrogens (tertiary/aromatic N) is 1. The van der Waals surface area contributed by atoms with Gasteiger partial charge in [0.25, 0.3) is 0 Å². The molecule has 5 heteroatoms. The third-order valence-electron chi connectivity index (χ3n) is 1.72. The van der Waals surface area contributed by atoms with Crippen LogP contribution in [0.2, 0.25) is 0 Å². The second-order valence-corrected chi connectivity index (χ2v) is 4.57. The molecule has 0 aliphatic rings. The molecule has 0 aromatic heterocycles. The first-order valence-corrected chi connectivity index (χ1v) is 5.32. The first-order valence-electron chi connectivity index (χ1n) is 3.47. The summed E-state index contributed by atoms with van der Waals surface area (Å²) >= 11 is 0. The Morgan fingerprint density at radius 3 is 2.09 bits per heavy atom. The van der Waals surface area contributed by atoms with Crippen LogP contribution in [0.15, 0.2) is 0 Å². The number of hydrogen-bond donors (Lipinski definition) is 1. The zero-order chi connectivity index (χ0) is 9.07. The second-order valence-electron chi connectivity index (χ2n) is 2.52. The van der Waals surface area contributed by atoms with Crippen LogP contribution < -0.4 is 0 Å². The summed E-state index contributed by atoms with van der Waals surface area (Å²) in [6.45, 7) is 1.71. The van der Waals surface area contributed by atoms with Crippen molar-refractivity contribution in [3.63, 3.8) is 0 Å². The molecule has 0 heterocycles. The molecule has 0 fully saturated rings. The molecular weight excluding hydrogens is 166 g/mol. The molecule has 11 heavy (non-hydrogen) atoms. The zero-order valence-electron chi connectivity index (χ0n) is 7.11. The summed E-state index contributed by atoms with van der Waals surface area (Å²) in [5.41, 5.74) is 0. The van der Waals surface area contributed by atoms with Crippen molar-refractivity contribution in [2.45, 2.75) is 19.4 Å². The molecule has 4 nitrogen and oxygen atoms in total. The van der Waals surface area contributed by atoms with E-state index in [2.05, 4.69) is 0 Å². The van der Waals surface area contributed by atoms with Gasteiger partial charge in [0.2, 0.25) is 10.0 Å². The van der Waals surface area contributed by atoms with E-state index < -0.39 is 10.0 Å². The minimum absolute atomic E-state index is 0.125.